The predicted molar refractivity (Wildman–Crippen MR) is 124 cm³/mol. The first-order chi connectivity index (χ1) is 15.6. The van der Waals surface area contributed by atoms with E-state index < -0.39 is 11.6 Å². The summed E-state index contributed by atoms with van der Waals surface area (Å²) in [6, 6.07) is 6.93. The van der Waals surface area contributed by atoms with Crippen LogP contribution in [0.1, 0.15) is 81.6 Å². The van der Waals surface area contributed by atoms with Gasteiger partial charge in [-0.2, -0.15) is 0 Å². The van der Waals surface area contributed by atoms with Crippen LogP contribution in [0.3, 0.4) is 0 Å². The molecule has 2 aliphatic carbocycles. The molecule has 7 heteroatoms. The Balaban J connectivity index is 1.40. The Bertz CT molecular complexity index is 914. The van der Waals surface area contributed by atoms with E-state index in [1.807, 2.05) is 30.6 Å². The van der Waals surface area contributed by atoms with Crippen LogP contribution in [-0.4, -0.2) is 63.7 Å². The van der Waals surface area contributed by atoms with Gasteiger partial charge >= 0.3 is 12.1 Å². The number of piperidine rings is 1. The minimum atomic E-state index is -0.990. The highest BCUT2D eigenvalue weighted by Gasteiger charge is 2.50. The van der Waals surface area contributed by atoms with Gasteiger partial charge in [0.25, 0.3) is 0 Å². The fraction of sp³-hybridized carbons (Fsp3) is 0.654. The molecule has 33 heavy (non-hydrogen) atoms. The van der Waals surface area contributed by atoms with E-state index in [-0.39, 0.29) is 41.5 Å². The van der Waals surface area contributed by atoms with Crippen molar-refractivity contribution in [2.24, 2.45) is 5.41 Å². The van der Waals surface area contributed by atoms with Crippen LogP contribution in [0.15, 0.2) is 24.3 Å². The number of ether oxygens (including phenoxy) is 1. The molecule has 1 aromatic rings. The molecule has 7 nitrogen and oxygen atoms in total. The molecule has 0 unspecified atom stereocenters. The SMILES string of the molecule is CC(C)(C)OC(=O)N1CC2(CC[C@@H]1CCN(C(=O)Cc1cccc(C(=O)O)c1)C1CC1)CC2. The lowest BCUT2D eigenvalue weighted by molar-refractivity contribution is -0.131. The van der Waals surface area contributed by atoms with Gasteiger partial charge in [0.05, 0.1) is 12.0 Å². The third kappa shape index (κ3) is 6.06. The normalized spacial score (nSPS) is 21.5. The monoisotopic (exact) mass is 456 g/mol. The summed E-state index contributed by atoms with van der Waals surface area (Å²) in [6.07, 6.45) is 7.15. The van der Waals surface area contributed by atoms with Crippen LogP contribution in [0.5, 0.6) is 0 Å². The second-order valence-corrected chi connectivity index (χ2v) is 11.1. The predicted octanol–water partition coefficient (Wildman–Crippen LogP) is 4.49. The highest BCUT2D eigenvalue weighted by atomic mass is 16.6. The van der Waals surface area contributed by atoms with Crippen LogP contribution in [0, 0.1) is 5.41 Å². The zero-order valence-electron chi connectivity index (χ0n) is 20.0. The lowest BCUT2D eigenvalue weighted by Crippen LogP contribution is -2.50. The zero-order valence-corrected chi connectivity index (χ0v) is 20.0. The molecule has 1 aromatic carbocycles. The molecular formula is C26H36N2O5. The quantitative estimate of drug-likeness (QED) is 0.653. The number of carboxylic acid groups (broad SMARTS) is 1. The minimum Gasteiger partial charge on any atom is -0.478 e. The molecule has 1 saturated heterocycles. The topological polar surface area (TPSA) is 87.2 Å². The van der Waals surface area contributed by atoms with Crippen LogP contribution < -0.4 is 0 Å². The van der Waals surface area contributed by atoms with Gasteiger partial charge in [-0.1, -0.05) is 12.1 Å². The first kappa shape index (κ1) is 23.6. The Morgan fingerprint density at radius 3 is 2.48 bits per heavy atom. The zero-order chi connectivity index (χ0) is 23.8. The highest BCUT2D eigenvalue weighted by Crippen LogP contribution is 2.53. The second-order valence-electron chi connectivity index (χ2n) is 11.1. The number of carboxylic acids is 1. The van der Waals surface area contributed by atoms with Crippen LogP contribution in [0.4, 0.5) is 4.79 Å². The molecule has 1 aliphatic heterocycles. The highest BCUT2D eigenvalue weighted by molar-refractivity contribution is 5.88. The van der Waals surface area contributed by atoms with Gasteiger partial charge in [-0.05, 0) is 88.8 Å². The first-order valence-electron chi connectivity index (χ1n) is 12.2. The van der Waals surface area contributed by atoms with Crippen molar-refractivity contribution >= 4 is 18.0 Å². The largest absolute Gasteiger partial charge is 0.478 e. The van der Waals surface area contributed by atoms with Crippen molar-refractivity contribution in [3.63, 3.8) is 0 Å². The van der Waals surface area contributed by atoms with Crippen molar-refractivity contribution < 1.29 is 24.2 Å². The van der Waals surface area contributed by atoms with Gasteiger partial charge < -0.3 is 19.6 Å². The van der Waals surface area contributed by atoms with Gasteiger partial charge in [-0.15, -0.1) is 0 Å². The van der Waals surface area contributed by atoms with Gasteiger partial charge in [-0.3, -0.25) is 4.79 Å². The second kappa shape index (κ2) is 8.99. The van der Waals surface area contributed by atoms with Crippen molar-refractivity contribution in [1.29, 1.82) is 0 Å². The number of carbonyl (C=O) groups excluding carboxylic acids is 2. The summed E-state index contributed by atoms with van der Waals surface area (Å²) < 4.78 is 5.71. The summed E-state index contributed by atoms with van der Waals surface area (Å²) >= 11 is 0. The van der Waals surface area contributed by atoms with Crippen molar-refractivity contribution in [1.82, 2.24) is 9.80 Å². The summed E-state index contributed by atoms with van der Waals surface area (Å²) in [5, 5.41) is 9.22. The molecule has 1 spiro atoms. The van der Waals surface area contributed by atoms with E-state index >= 15 is 0 Å². The number of carbonyl (C=O) groups is 3. The summed E-state index contributed by atoms with van der Waals surface area (Å²) in [5.74, 6) is -0.963. The number of nitrogens with zero attached hydrogens (tertiary/aromatic N) is 2. The smallest absolute Gasteiger partial charge is 0.410 e. The fourth-order valence-corrected chi connectivity index (χ4v) is 4.89. The standard InChI is InChI=1S/C26H36N2O5/c1-25(2,3)33-24(32)28-17-26(12-13-26)11-9-21(28)10-14-27(20-7-8-20)22(29)16-18-5-4-6-19(15-18)23(30)31/h4-6,15,20-21H,7-14,16-17H2,1-3H3,(H,30,31)/t21-/m1/s1. The van der Waals surface area contributed by atoms with Crippen LogP contribution in [-0.2, 0) is 16.0 Å². The maximum absolute atomic E-state index is 13.1. The molecule has 1 N–H and O–H groups in total. The molecule has 0 radical (unpaired) electrons. The lowest BCUT2D eigenvalue weighted by Gasteiger charge is -2.41. The third-order valence-electron chi connectivity index (χ3n) is 7.08. The number of hydrogen-bond acceptors (Lipinski definition) is 4. The maximum atomic E-state index is 13.1. The fourth-order valence-electron chi connectivity index (χ4n) is 4.89. The lowest BCUT2D eigenvalue weighted by atomic mass is 9.89. The van der Waals surface area contributed by atoms with E-state index in [4.69, 9.17) is 4.74 Å². The number of aromatic carboxylic acids is 1. The van der Waals surface area contributed by atoms with E-state index in [2.05, 4.69) is 0 Å². The van der Waals surface area contributed by atoms with Gasteiger partial charge in [0, 0.05) is 25.2 Å². The third-order valence-corrected chi connectivity index (χ3v) is 7.08. The van der Waals surface area contributed by atoms with Gasteiger partial charge in [-0.25, -0.2) is 9.59 Å². The first-order valence-corrected chi connectivity index (χ1v) is 12.2. The molecule has 0 aromatic heterocycles. The summed E-state index contributed by atoms with van der Waals surface area (Å²) in [5.41, 5.74) is 0.668. The van der Waals surface area contributed by atoms with Crippen molar-refractivity contribution in [3.05, 3.63) is 35.4 Å². The number of amides is 2. The number of rotatable bonds is 7. The Morgan fingerprint density at radius 2 is 1.88 bits per heavy atom. The molecular weight excluding hydrogens is 420 g/mol. The van der Waals surface area contributed by atoms with Crippen molar-refractivity contribution in [3.8, 4) is 0 Å². The van der Waals surface area contributed by atoms with Gasteiger partial charge in [0.1, 0.15) is 5.60 Å². The average molecular weight is 457 g/mol. The van der Waals surface area contributed by atoms with E-state index in [1.54, 1.807) is 18.2 Å². The van der Waals surface area contributed by atoms with E-state index in [0.29, 0.717) is 12.1 Å². The summed E-state index contributed by atoms with van der Waals surface area (Å²) in [6.45, 7) is 7.04. The van der Waals surface area contributed by atoms with Crippen LogP contribution in [0.2, 0.25) is 0 Å². The van der Waals surface area contributed by atoms with Gasteiger partial charge in [0.2, 0.25) is 5.91 Å². The Labute approximate surface area is 196 Å². The molecule has 0 bridgehead atoms. The van der Waals surface area contributed by atoms with Crippen LogP contribution >= 0.6 is 0 Å². The molecule has 2 amide bonds. The molecule has 2 saturated carbocycles. The summed E-state index contributed by atoms with van der Waals surface area (Å²) in [7, 11) is 0. The average Bonchev–Trinajstić information content (AvgIpc) is 3.66. The molecule has 180 valence electrons. The van der Waals surface area contributed by atoms with E-state index in [9.17, 15) is 19.5 Å². The maximum Gasteiger partial charge on any atom is 0.410 e. The Hall–Kier alpha value is -2.57. The van der Waals surface area contributed by atoms with Crippen LogP contribution in [0.25, 0.3) is 0 Å². The molecule has 3 fully saturated rings. The summed E-state index contributed by atoms with van der Waals surface area (Å²) in [4.78, 5) is 41.2. The molecule has 1 heterocycles. The minimum absolute atomic E-state index is 0.0262. The van der Waals surface area contributed by atoms with E-state index in [0.717, 1.165) is 38.6 Å². The Kier molecular flexibility index (Phi) is 6.43. The van der Waals surface area contributed by atoms with Crippen molar-refractivity contribution in [2.45, 2.75) is 89.8 Å². The molecule has 1 atom stereocenters. The number of benzene rings is 1. The molecule has 3 aliphatic rings. The van der Waals surface area contributed by atoms with E-state index in [1.165, 1.54) is 18.9 Å². The van der Waals surface area contributed by atoms with Gasteiger partial charge in [0.15, 0.2) is 0 Å². The number of likely N-dealkylation sites (tertiary alicyclic amines) is 1. The Morgan fingerprint density at radius 1 is 1.15 bits per heavy atom. The molecule has 4 rings (SSSR count). The number of hydrogen-bond donors (Lipinski definition) is 1. The van der Waals surface area contributed by atoms with Crippen molar-refractivity contribution in [2.75, 3.05) is 13.1 Å².